The largest absolute Gasteiger partial charge is 0.381 e. The van der Waals surface area contributed by atoms with Crippen molar-refractivity contribution in [1.29, 1.82) is 0 Å². The minimum Gasteiger partial charge on any atom is -0.381 e. The van der Waals surface area contributed by atoms with Crippen molar-refractivity contribution >= 4 is 11.6 Å². The lowest BCUT2D eigenvalue weighted by atomic mass is 9.89. The molecule has 2 aliphatic rings. The van der Waals surface area contributed by atoms with Gasteiger partial charge in [-0.25, -0.2) is 0 Å². The van der Waals surface area contributed by atoms with Gasteiger partial charge in [0.25, 0.3) is 0 Å². The lowest BCUT2D eigenvalue weighted by Crippen LogP contribution is -2.44. The summed E-state index contributed by atoms with van der Waals surface area (Å²) in [5.74, 6) is 0.598. The molecule has 1 saturated carbocycles. The van der Waals surface area contributed by atoms with Crippen LogP contribution in [-0.4, -0.2) is 25.3 Å². The minimum absolute atomic E-state index is 0.598. The first kappa shape index (κ1) is 12.5. The third-order valence-corrected chi connectivity index (χ3v) is 4.16. The van der Waals surface area contributed by atoms with Crippen molar-refractivity contribution < 1.29 is 4.74 Å². The smallest absolute Gasteiger partial charge is 0.0512 e. The zero-order chi connectivity index (χ0) is 12.4. The highest BCUT2D eigenvalue weighted by atomic mass is 35.5. The Morgan fingerprint density at radius 1 is 1.17 bits per heavy atom. The molecule has 1 N–H and O–H groups in total. The van der Waals surface area contributed by atoms with Gasteiger partial charge < -0.3 is 10.1 Å². The van der Waals surface area contributed by atoms with Gasteiger partial charge in [-0.3, -0.25) is 0 Å². The first-order valence-corrected chi connectivity index (χ1v) is 7.27. The van der Waals surface area contributed by atoms with Crippen LogP contribution in [0.5, 0.6) is 0 Å². The molecule has 3 rings (SSSR count). The third kappa shape index (κ3) is 3.25. The minimum atomic E-state index is 0.598. The van der Waals surface area contributed by atoms with Crippen molar-refractivity contribution in [1.82, 2.24) is 5.32 Å². The maximum absolute atomic E-state index is 5.92. The molecule has 1 aromatic rings. The summed E-state index contributed by atoms with van der Waals surface area (Å²) in [7, 11) is 0. The Morgan fingerprint density at radius 3 is 2.67 bits per heavy atom. The monoisotopic (exact) mass is 265 g/mol. The van der Waals surface area contributed by atoms with E-state index in [0.29, 0.717) is 12.0 Å². The van der Waals surface area contributed by atoms with E-state index in [2.05, 4.69) is 17.4 Å². The topological polar surface area (TPSA) is 21.3 Å². The number of benzene rings is 1. The zero-order valence-corrected chi connectivity index (χ0v) is 11.3. The summed E-state index contributed by atoms with van der Waals surface area (Å²) >= 11 is 5.92. The number of rotatable bonds is 4. The van der Waals surface area contributed by atoms with Crippen LogP contribution >= 0.6 is 11.6 Å². The average Bonchev–Trinajstić information content (AvgIpc) is 3.18. The van der Waals surface area contributed by atoms with E-state index < -0.39 is 0 Å². The third-order valence-electron chi connectivity index (χ3n) is 3.91. The Morgan fingerprint density at radius 2 is 1.94 bits per heavy atom. The van der Waals surface area contributed by atoms with Crippen LogP contribution in [0.25, 0.3) is 0 Å². The Hall–Kier alpha value is -0.570. The second-order valence-corrected chi connectivity index (χ2v) is 5.94. The Bertz CT molecular complexity index is 388. The molecule has 1 aromatic carbocycles. The maximum atomic E-state index is 5.92. The van der Waals surface area contributed by atoms with E-state index in [1.807, 2.05) is 12.1 Å². The van der Waals surface area contributed by atoms with Crippen LogP contribution in [-0.2, 0) is 11.2 Å². The molecule has 0 bridgehead atoms. The molecule has 1 aliphatic carbocycles. The predicted octanol–water partition coefficient (Wildman–Crippen LogP) is 3.04. The Balaban J connectivity index is 1.62. The van der Waals surface area contributed by atoms with Crippen LogP contribution in [0.3, 0.4) is 0 Å². The van der Waals surface area contributed by atoms with Crippen LogP contribution < -0.4 is 5.32 Å². The van der Waals surface area contributed by atoms with Crippen LogP contribution in [0.1, 0.15) is 24.8 Å². The molecule has 0 spiro atoms. The fourth-order valence-corrected chi connectivity index (χ4v) is 2.82. The summed E-state index contributed by atoms with van der Waals surface area (Å²) in [4.78, 5) is 0. The highest BCUT2D eigenvalue weighted by Crippen LogP contribution is 2.26. The van der Waals surface area contributed by atoms with E-state index in [1.165, 1.54) is 18.4 Å². The SMILES string of the molecule is Clc1ccc(C[C@H]2COCC[C@@H]2NC2CC2)cc1. The van der Waals surface area contributed by atoms with Crippen molar-refractivity contribution in [3.05, 3.63) is 34.9 Å². The molecule has 2 nitrogen and oxygen atoms in total. The molecule has 98 valence electrons. The van der Waals surface area contributed by atoms with Crippen LogP contribution in [0.15, 0.2) is 24.3 Å². The molecular weight excluding hydrogens is 246 g/mol. The van der Waals surface area contributed by atoms with Gasteiger partial charge in [0.05, 0.1) is 6.61 Å². The number of nitrogens with one attached hydrogen (secondary N) is 1. The van der Waals surface area contributed by atoms with Crippen LogP contribution in [0.4, 0.5) is 0 Å². The van der Waals surface area contributed by atoms with Crippen molar-refractivity contribution in [3.63, 3.8) is 0 Å². The molecule has 2 fully saturated rings. The number of ether oxygens (including phenoxy) is 1. The van der Waals surface area contributed by atoms with E-state index in [4.69, 9.17) is 16.3 Å². The van der Waals surface area contributed by atoms with E-state index in [0.717, 1.165) is 37.1 Å². The van der Waals surface area contributed by atoms with Gasteiger partial charge in [-0.05, 0) is 43.4 Å². The van der Waals surface area contributed by atoms with E-state index >= 15 is 0 Å². The fraction of sp³-hybridized carbons (Fsp3) is 0.600. The molecule has 0 amide bonds. The fourth-order valence-electron chi connectivity index (χ4n) is 2.69. The number of halogens is 1. The summed E-state index contributed by atoms with van der Waals surface area (Å²) in [6.45, 7) is 1.79. The predicted molar refractivity (Wildman–Crippen MR) is 74.0 cm³/mol. The van der Waals surface area contributed by atoms with Gasteiger partial charge in [0, 0.05) is 29.6 Å². The average molecular weight is 266 g/mol. The summed E-state index contributed by atoms with van der Waals surface area (Å²) < 4.78 is 5.64. The molecule has 0 unspecified atom stereocenters. The molecule has 1 aliphatic heterocycles. The van der Waals surface area contributed by atoms with Gasteiger partial charge in [0.2, 0.25) is 0 Å². The van der Waals surface area contributed by atoms with Gasteiger partial charge >= 0.3 is 0 Å². The first-order chi connectivity index (χ1) is 8.81. The lowest BCUT2D eigenvalue weighted by Gasteiger charge is -2.32. The molecule has 0 radical (unpaired) electrons. The number of hydrogen-bond donors (Lipinski definition) is 1. The number of hydrogen-bond acceptors (Lipinski definition) is 2. The standard InChI is InChI=1S/C15H20ClNO/c16-13-3-1-11(2-4-13)9-12-10-18-8-7-15(12)17-14-5-6-14/h1-4,12,14-15,17H,5-10H2/t12-,15-/m0/s1. The molecular formula is C15H20ClNO. The Labute approximate surface area is 114 Å². The highest BCUT2D eigenvalue weighted by molar-refractivity contribution is 6.30. The molecule has 1 heterocycles. The molecule has 3 heteroatoms. The highest BCUT2D eigenvalue weighted by Gasteiger charge is 2.31. The first-order valence-electron chi connectivity index (χ1n) is 6.89. The molecule has 0 aromatic heterocycles. The van der Waals surface area contributed by atoms with E-state index in [9.17, 15) is 0 Å². The van der Waals surface area contributed by atoms with Crippen molar-refractivity contribution in [2.75, 3.05) is 13.2 Å². The van der Waals surface area contributed by atoms with Crippen LogP contribution in [0.2, 0.25) is 5.02 Å². The van der Waals surface area contributed by atoms with Gasteiger partial charge in [-0.1, -0.05) is 23.7 Å². The summed E-state index contributed by atoms with van der Waals surface area (Å²) in [6.07, 6.45) is 4.94. The van der Waals surface area contributed by atoms with E-state index in [-0.39, 0.29) is 0 Å². The van der Waals surface area contributed by atoms with E-state index in [1.54, 1.807) is 0 Å². The summed E-state index contributed by atoms with van der Waals surface area (Å²) in [6, 6.07) is 9.62. The maximum Gasteiger partial charge on any atom is 0.0512 e. The van der Waals surface area contributed by atoms with Gasteiger partial charge in [-0.15, -0.1) is 0 Å². The second-order valence-electron chi connectivity index (χ2n) is 5.50. The van der Waals surface area contributed by atoms with Gasteiger partial charge in [0.15, 0.2) is 0 Å². The lowest BCUT2D eigenvalue weighted by molar-refractivity contribution is 0.0316. The van der Waals surface area contributed by atoms with Crippen molar-refractivity contribution in [2.24, 2.45) is 5.92 Å². The van der Waals surface area contributed by atoms with Crippen molar-refractivity contribution in [2.45, 2.75) is 37.8 Å². The molecule has 18 heavy (non-hydrogen) atoms. The molecule has 1 saturated heterocycles. The molecule has 2 atom stereocenters. The normalized spacial score (nSPS) is 28.3. The zero-order valence-electron chi connectivity index (χ0n) is 10.6. The van der Waals surface area contributed by atoms with Crippen molar-refractivity contribution in [3.8, 4) is 0 Å². The van der Waals surface area contributed by atoms with Gasteiger partial charge in [-0.2, -0.15) is 0 Å². The second kappa shape index (κ2) is 5.60. The summed E-state index contributed by atoms with van der Waals surface area (Å²) in [5.41, 5.74) is 1.36. The van der Waals surface area contributed by atoms with Crippen LogP contribution in [0, 0.1) is 5.92 Å². The quantitative estimate of drug-likeness (QED) is 0.904. The van der Waals surface area contributed by atoms with Gasteiger partial charge in [0.1, 0.15) is 0 Å². The Kier molecular flexibility index (Phi) is 3.88. The summed E-state index contributed by atoms with van der Waals surface area (Å²) in [5, 5.41) is 4.58.